The maximum atomic E-state index is 14.8. The minimum Gasteiger partial charge on any atom is -0.497 e. The van der Waals surface area contributed by atoms with Gasteiger partial charge in [0.25, 0.3) is 11.8 Å². The number of aromatic nitrogens is 1. The van der Waals surface area contributed by atoms with Gasteiger partial charge in [-0.3, -0.25) is 14.2 Å². The number of rotatable bonds is 12. The molecular weight excluding hydrogens is 682 g/mol. The number of benzene rings is 1. The van der Waals surface area contributed by atoms with Crippen LogP contribution in [0.1, 0.15) is 102 Å². The fourth-order valence-electron chi connectivity index (χ4n) is 5.95. The van der Waals surface area contributed by atoms with E-state index in [0.29, 0.717) is 24.7 Å². The predicted molar refractivity (Wildman–Crippen MR) is 201 cm³/mol. The van der Waals surface area contributed by atoms with Crippen LogP contribution in [0.5, 0.6) is 17.2 Å². The third kappa shape index (κ3) is 10.7. The lowest BCUT2D eigenvalue weighted by atomic mass is 10.2. The number of amides is 4. The Morgan fingerprint density at radius 3 is 1.26 bits per heavy atom. The summed E-state index contributed by atoms with van der Waals surface area (Å²) in [7, 11) is 1.57. The van der Waals surface area contributed by atoms with Gasteiger partial charge in [0.1, 0.15) is 17.0 Å². The Labute approximate surface area is 314 Å². The molecule has 4 rings (SSSR count). The van der Waals surface area contributed by atoms with E-state index in [-0.39, 0.29) is 87.1 Å². The Bertz CT molecular complexity index is 1470. The molecule has 1 aromatic heterocycles. The molecule has 2 aromatic rings. The molecule has 294 valence electrons. The lowest BCUT2D eigenvalue weighted by Crippen LogP contribution is -2.52. The average molecular weight is 742 g/mol. The second-order valence-corrected chi connectivity index (χ2v) is 15.3. The Kier molecular flexibility index (Phi) is 13.9. The molecule has 0 N–H and O–H groups in total. The van der Waals surface area contributed by atoms with E-state index in [1.165, 1.54) is 0 Å². The van der Waals surface area contributed by atoms with Crippen molar-refractivity contribution in [3.63, 3.8) is 0 Å². The second-order valence-electron chi connectivity index (χ2n) is 15.3. The van der Waals surface area contributed by atoms with Gasteiger partial charge in [-0.15, -0.1) is 0 Å². The first-order chi connectivity index (χ1) is 25.1. The third-order valence-corrected chi connectivity index (χ3v) is 8.75. The molecule has 2 aliphatic rings. The summed E-state index contributed by atoms with van der Waals surface area (Å²) in [6.45, 7) is 17.8. The summed E-state index contributed by atoms with van der Waals surface area (Å²) < 4.78 is 31.1. The van der Waals surface area contributed by atoms with Crippen molar-refractivity contribution in [3.8, 4) is 22.9 Å². The van der Waals surface area contributed by atoms with Gasteiger partial charge in [-0.25, -0.2) is 9.59 Å². The zero-order valence-corrected chi connectivity index (χ0v) is 33.1. The Balaban J connectivity index is 1.80. The summed E-state index contributed by atoms with van der Waals surface area (Å²) >= 11 is 0. The van der Waals surface area contributed by atoms with Crippen LogP contribution in [0.4, 0.5) is 9.59 Å². The van der Waals surface area contributed by atoms with Crippen molar-refractivity contribution in [2.45, 2.75) is 92.3 Å². The van der Waals surface area contributed by atoms with Crippen LogP contribution in [0.3, 0.4) is 0 Å². The number of unbranched alkanes of at least 4 members (excludes halogenated alkanes) is 2. The average Bonchev–Trinajstić information content (AvgIpc) is 3.43. The fraction of sp³-hybridized carbons (Fsp3) is 0.641. The minimum absolute atomic E-state index is 0.166. The lowest BCUT2D eigenvalue weighted by Gasteiger charge is -2.36. The molecule has 0 atom stereocenters. The van der Waals surface area contributed by atoms with Crippen LogP contribution < -0.4 is 14.2 Å². The Morgan fingerprint density at radius 1 is 0.585 bits per heavy atom. The normalized spacial score (nSPS) is 15.3. The summed E-state index contributed by atoms with van der Waals surface area (Å²) in [5.41, 5.74) is -0.414. The molecule has 0 saturated carbocycles. The van der Waals surface area contributed by atoms with E-state index in [1.54, 1.807) is 55.5 Å². The highest BCUT2D eigenvalue weighted by Crippen LogP contribution is 2.42. The second kappa shape index (κ2) is 17.9. The summed E-state index contributed by atoms with van der Waals surface area (Å²) in [6, 6.07) is 7.12. The highest BCUT2D eigenvalue weighted by molar-refractivity contribution is 6.04. The van der Waals surface area contributed by atoms with Gasteiger partial charge in [0.2, 0.25) is 0 Å². The molecule has 0 spiro atoms. The number of hydrogen-bond donors (Lipinski definition) is 0. The van der Waals surface area contributed by atoms with E-state index in [1.807, 2.05) is 55.4 Å². The van der Waals surface area contributed by atoms with Gasteiger partial charge in [-0.2, -0.15) is 0 Å². The first-order valence-electron chi connectivity index (χ1n) is 18.8. The predicted octanol–water partition coefficient (Wildman–Crippen LogP) is 6.23. The zero-order chi connectivity index (χ0) is 38.9. The third-order valence-electron chi connectivity index (χ3n) is 8.75. The molecule has 2 aliphatic heterocycles. The number of carbonyl (C=O) groups excluding carboxylic acids is 4. The van der Waals surface area contributed by atoms with Crippen molar-refractivity contribution in [2.24, 2.45) is 0 Å². The van der Waals surface area contributed by atoms with E-state index in [2.05, 4.69) is 0 Å². The van der Waals surface area contributed by atoms with Crippen molar-refractivity contribution < 1.29 is 42.9 Å². The van der Waals surface area contributed by atoms with Crippen LogP contribution in [0.15, 0.2) is 24.3 Å². The van der Waals surface area contributed by atoms with Crippen molar-refractivity contribution in [2.75, 3.05) is 72.7 Å². The quantitative estimate of drug-likeness (QED) is 0.232. The topological polar surface area (TPSA) is 132 Å². The molecule has 4 amide bonds. The molecule has 0 unspecified atom stereocenters. The van der Waals surface area contributed by atoms with Crippen molar-refractivity contribution >= 4 is 24.0 Å². The molecule has 53 heavy (non-hydrogen) atoms. The van der Waals surface area contributed by atoms with Gasteiger partial charge in [0.15, 0.2) is 22.9 Å². The van der Waals surface area contributed by atoms with Gasteiger partial charge in [-0.05, 0) is 78.6 Å². The van der Waals surface area contributed by atoms with Crippen LogP contribution in [-0.2, 0) is 9.47 Å². The smallest absolute Gasteiger partial charge is 0.410 e. The van der Waals surface area contributed by atoms with Crippen LogP contribution in [0.2, 0.25) is 0 Å². The fourth-order valence-corrected chi connectivity index (χ4v) is 5.95. The molecule has 0 radical (unpaired) electrons. The number of nitrogens with zero attached hydrogens (tertiary/aromatic N) is 5. The molecule has 1 aromatic carbocycles. The summed E-state index contributed by atoms with van der Waals surface area (Å²) in [5, 5.41) is 0. The minimum atomic E-state index is -0.645. The molecule has 2 fully saturated rings. The summed E-state index contributed by atoms with van der Waals surface area (Å²) in [5.74, 6) is 0.314. The van der Waals surface area contributed by atoms with Crippen molar-refractivity contribution in [1.29, 1.82) is 0 Å². The monoisotopic (exact) mass is 741 g/mol. The van der Waals surface area contributed by atoms with Crippen LogP contribution in [-0.4, -0.2) is 132 Å². The Morgan fingerprint density at radius 2 is 0.943 bits per heavy atom. The standard InChI is InChI=1S/C39H59N5O9/c1-10-12-26-50-32-30(34(45)40-18-22-42(23-19-40)36(47)52-38(3,4)5)44(28-14-16-29(49-9)17-15-28)31(33(32)51-27-13-11-2)35(46)41-20-24-43(25-21-41)37(48)53-39(6,7)8/h14-17H,10-13,18-27H2,1-9H3. The molecular formula is C39H59N5O9. The van der Waals surface area contributed by atoms with E-state index < -0.39 is 23.4 Å². The lowest BCUT2D eigenvalue weighted by molar-refractivity contribution is 0.0136. The summed E-state index contributed by atoms with van der Waals surface area (Å²) in [6.07, 6.45) is 2.30. The van der Waals surface area contributed by atoms with E-state index in [4.69, 9.17) is 23.7 Å². The zero-order valence-electron chi connectivity index (χ0n) is 33.1. The maximum Gasteiger partial charge on any atom is 0.410 e. The molecule has 3 heterocycles. The number of piperazine rings is 2. The number of carbonyl (C=O) groups is 4. The number of ether oxygens (including phenoxy) is 5. The van der Waals surface area contributed by atoms with Crippen LogP contribution >= 0.6 is 0 Å². The van der Waals surface area contributed by atoms with Crippen LogP contribution in [0.25, 0.3) is 5.69 Å². The highest BCUT2D eigenvalue weighted by atomic mass is 16.6. The number of hydrogen-bond acceptors (Lipinski definition) is 9. The highest BCUT2D eigenvalue weighted by Gasteiger charge is 2.40. The van der Waals surface area contributed by atoms with Crippen molar-refractivity contribution in [3.05, 3.63) is 35.7 Å². The van der Waals surface area contributed by atoms with Gasteiger partial charge in [0, 0.05) is 58.0 Å². The largest absolute Gasteiger partial charge is 0.497 e. The molecule has 0 aliphatic carbocycles. The summed E-state index contributed by atoms with van der Waals surface area (Å²) in [4.78, 5) is 61.9. The van der Waals surface area contributed by atoms with E-state index >= 15 is 0 Å². The number of methoxy groups -OCH3 is 1. The SMILES string of the molecule is CCCCOc1c(OCCCC)c(C(=O)N2CCN(C(=O)OC(C)(C)C)CC2)n(-c2ccc(OC)cc2)c1C(=O)N1CCN(C(=O)OC(C)(C)C)CC1. The first-order valence-corrected chi connectivity index (χ1v) is 18.8. The first kappa shape index (κ1) is 41.1. The van der Waals surface area contributed by atoms with Gasteiger partial charge >= 0.3 is 12.2 Å². The molecule has 2 saturated heterocycles. The molecule has 14 heteroatoms. The van der Waals surface area contributed by atoms with Crippen LogP contribution in [0, 0.1) is 0 Å². The van der Waals surface area contributed by atoms with Crippen molar-refractivity contribution in [1.82, 2.24) is 24.2 Å². The van der Waals surface area contributed by atoms with Gasteiger partial charge in [-0.1, -0.05) is 26.7 Å². The Hall–Kier alpha value is -4.62. The van der Waals surface area contributed by atoms with E-state index in [0.717, 1.165) is 25.7 Å². The van der Waals surface area contributed by atoms with Gasteiger partial charge < -0.3 is 43.3 Å². The molecule has 14 nitrogen and oxygen atoms in total. The van der Waals surface area contributed by atoms with E-state index in [9.17, 15) is 19.2 Å². The molecule has 0 bridgehead atoms. The maximum absolute atomic E-state index is 14.8. The van der Waals surface area contributed by atoms with Gasteiger partial charge in [0.05, 0.1) is 20.3 Å².